The molecule has 0 spiro atoms. The molecule has 1 saturated heterocycles. The van der Waals surface area contributed by atoms with Gasteiger partial charge in [-0.3, -0.25) is 14.4 Å². The molecule has 2 amide bonds. The summed E-state index contributed by atoms with van der Waals surface area (Å²) in [5.41, 5.74) is 1.31. The van der Waals surface area contributed by atoms with Crippen molar-refractivity contribution in [2.75, 3.05) is 26.9 Å². The van der Waals surface area contributed by atoms with E-state index in [0.717, 1.165) is 31.2 Å². The van der Waals surface area contributed by atoms with Crippen molar-refractivity contribution in [3.05, 3.63) is 89.2 Å². The molecule has 3 N–H and O–H groups in total. The number of benzene rings is 2. The highest BCUT2D eigenvalue weighted by molar-refractivity contribution is 5.98. The van der Waals surface area contributed by atoms with Crippen LogP contribution in [0, 0.1) is 11.8 Å². The van der Waals surface area contributed by atoms with Crippen LogP contribution in [-0.4, -0.2) is 108 Å². The number of hydrogen-bond donors (Lipinski definition) is 3. The van der Waals surface area contributed by atoms with E-state index in [1.165, 1.54) is 11.2 Å². The summed E-state index contributed by atoms with van der Waals surface area (Å²) in [7, 11) is 1.56. The molecule has 2 aromatic rings. The molecule has 57 heavy (non-hydrogen) atoms. The molecule has 5 atom stereocenters. The van der Waals surface area contributed by atoms with Crippen molar-refractivity contribution < 1.29 is 53.1 Å². The lowest BCUT2D eigenvalue weighted by Crippen LogP contribution is -2.53. The number of esters is 2. The number of aliphatic hydroxyl groups is 2. The second-order valence-corrected chi connectivity index (χ2v) is 16.4. The van der Waals surface area contributed by atoms with E-state index in [2.05, 4.69) is 5.32 Å². The second-order valence-electron chi connectivity index (χ2n) is 16.4. The first-order valence-electron chi connectivity index (χ1n) is 20.0. The van der Waals surface area contributed by atoms with Crippen molar-refractivity contribution >= 4 is 29.8 Å². The summed E-state index contributed by atoms with van der Waals surface area (Å²) in [5.74, 6) is -2.35. The van der Waals surface area contributed by atoms with Gasteiger partial charge in [-0.05, 0) is 82.2 Å². The molecule has 1 aliphatic heterocycles. The van der Waals surface area contributed by atoms with Crippen LogP contribution in [0.4, 0.5) is 0 Å². The highest BCUT2D eigenvalue weighted by Crippen LogP contribution is 2.59. The third-order valence-corrected chi connectivity index (χ3v) is 10.7. The molecule has 0 bridgehead atoms. The number of hydrogen-bond acceptors (Lipinski definition) is 11. The maximum Gasteiger partial charge on any atom is 0.339 e. The van der Waals surface area contributed by atoms with E-state index < -0.39 is 72.1 Å². The number of carbonyl (C=O) groups excluding carboxylic acids is 4. The number of ether oxygens (including phenoxy) is 5. The average molecular weight is 789 g/mol. The number of amides is 2. The minimum atomic E-state index is -1.00. The van der Waals surface area contributed by atoms with Crippen molar-refractivity contribution in [1.82, 2.24) is 10.2 Å². The van der Waals surface area contributed by atoms with Gasteiger partial charge in [0.05, 0.1) is 31.1 Å². The zero-order chi connectivity index (χ0) is 40.7. The summed E-state index contributed by atoms with van der Waals surface area (Å²) in [6, 6.07) is 14.5. The molecule has 4 aliphatic rings. The maximum atomic E-state index is 14.6. The van der Waals surface area contributed by atoms with Gasteiger partial charge in [0, 0.05) is 43.7 Å². The predicted octanol–water partition coefficient (Wildman–Crippen LogP) is 4.49. The van der Waals surface area contributed by atoms with Gasteiger partial charge in [0.15, 0.2) is 5.79 Å². The lowest BCUT2D eigenvalue weighted by molar-refractivity contribution is -0.209. The first-order chi connectivity index (χ1) is 27.3. The summed E-state index contributed by atoms with van der Waals surface area (Å²) >= 11 is 0. The third kappa shape index (κ3) is 10.7. The molecule has 3 aliphatic carbocycles. The Bertz CT molecular complexity index is 1780. The van der Waals surface area contributed by atoms with E-state index in [4.69, 9.17) is 28.8 Å². The summed E-state index contributed by atoms with van der Waals surface area (Å²) in [4.78, 5) is 56.4. The predicted molar refractivity (Wildman–Crippen MR) is 209 cm³/mol. The number of fused-ring (bicyclic) bond motifs is 1. The number of carbonyl (C=O) groups is 4. The molecule has 2 saturated carbocycles. The van der Waals surface area contributed by atoms with E-state index in [9.17, 15) is 24.3 Å². The molecule has 13 heteroatoms. The highest BCUT2D eigenvalue weighted by Gasteiger charge is 2.64. The Morgan fingerprint density at radius 3 is 2.32 bits per heavy atom. The van der Waals surface area contributed by atoms with Crippen LogP contribution in [0.25, 0.3) is 6.08 Å². The molecule has 3 fully saturated rings. The van der Waals surface area contributed by atoms with Gasteiger partial charge in [0.25, 0.3) is 0 Å². The first kappa shape index (κ1) is 42.1. The molecule has 2 aromatic carbocycles. The zero-order valence-corrected chi connectivity index (χ0v) is 33.3. The molecule has 308 valence electrons. The SMILES string of the molecule is CN(C(=O)C1=CC2OC(C3CC3)(C3CC3)OC2C(OC(=O)c2ccccc2C=COCCO)C1)C(Cc1ccccc1)C(=O)NC(CO)CCC(=O)OC(C)(C)C. The number of aliphatic hydroxyl groups excluding tert-OH is 2. The Balaban J connectivity index is 1.24. The smallest absolute Gasteiger partial charge is 0.339 e. The molecule has 5 unspecified atom stereocenters. The van der Waals surface area contributed by atoms with Crippen molar-refractivity contribution in [2.24, 2.45) is 11.8 Å². The number of nitrogens with zero attached hydrogens (tertiary/aromatic N) is 1. The van der Waals surface area contributed by atoms with E-state index >= 15 is 0 Å². The average Bonchev–Trinajstić information content (AvgIpc) is 4.14. The summed E-state index contributed by atoms with van der Waals surface area (Å²) < 4.78 is 30.5. The van der Waals surface area contributed by atoms with Crippen molar-refractivity contribution in [3.63, 3.8) is 0 Å². The van der Waals surface area contributed by atoms with Crippen molar-refractivity contribution in [3.8, 4) is 0 Å². The monoisotopic (exact) mass is 788 g/mol. The van der Waals surface area contributed by atoms with Crippen LogP contribution in [0.15, 0.2) is 72.5 Å². The van der Waals surface area contributed by atoms with Crippen LogP contribution in [0.5, 0.6) is 0 Å². The zero-order valence-electron chi connectivity index (χ0n) is 33.3. The molecule has 13 nitrogen and oxygen atoms in total. The first-order valence-corrected chi connectivity index (χ1v) is 20.0. The number of nitrogens with one attached hydrogen (secondary N) is 1. The topological polar surface area (TPSA) is 170 Å². The van der Waals surface area contributed by atoms with Crippen LogP contribution in [-0.2, 0) is 44.5 Å². The molecule has 0 aromatic heterocycles. The Hall–Kier alpha value is -4.56. The third-order valence-electron chi connectivity index (χ3n) is 10.7. The summed E-state index contributed by atoms with van der Waals surface area (Å²) in [5, 5.41) is 22.1. The highest BCUT2D eigenvalue weighted by atomic mass is 16.8. The molecular formula is C44H56N2O11. The summed E-state index contributed by atoms with van der Waals surface area (Å²) in [6.07, 6.45) is 6.82. The quantitative estimate of drug-likeness (QED) is 0.111. The van der Waals surface area contributed by atoms with Crippen molar-refractivity contribution in [2.45, 2.75) is 114 Å². The van der Waals surface area contributed by atoms with E-state index in [1.807, 2.05) is 30.3 Å². The van der Waals surface area contributed by atoms with Gasteiger partial charge in [-0.2, -0.15) is 0 Å². The lowest BCUT2D eigenvalue weighted by Gasteiger charge is -2.34. The Labute approximate surface area is 334 Å². The fourth-order valence-corrected chi connectivity index (χ4v) is 7.63. The van der Waals surface area contributed by atoms with Gasteiger partial charge in [-0.15, -0.1) is 0 Å². The van der Waals surface area contributed by atoms with E-state index in [-0.39, 0.29) is 56.3 Å². The largest absolute Gasteiger partial charge is 0.499 e. The fourth-order valence-electron chi connectivity index (χ4n) is 7.63. The van der Waals surface area contributed by atoms with Crippen molar-refractivity contribution in [1.29, 1.82) is 0 Å². The second kappa shape index (κ2) is 18.4. The molecule has 0 radical (unpaired) electrons. The van der Waals surface area contributed by atoms with Gasteiger partial charge in [0.2, 0.25) is 11.8 Å². The standard InChI is InChI=1S/C44H56N2O11/c1-43(2,3)56-38(49)19-18-33(27-48)45-40(50)35(24-28-10-6-5-7-11-28)46(4)41(51)30-25-36(39-37(26-30)55-44(57-39,31-14-15-31)32-16-17-32)54-42(52)34-13-9-8-12-29(34)20-22-53-23-21-47/h5-13,20,22,26,31-33,35-37,39,47-48H,14-19,21,23-25,27H2,1-4H3,(H,45,50). The summed E-state index contributed by atoms with van der Waals surface area (Å²) in [6.45, 7) is 4.85. The van der Waals surface area contributed by atoms with Gasteiger partial charge >= 0.3 is 11.9 Å². The Morgan fingerprint density at radius 1 is 0.982 bits per heavy atom. The number of rotatable bonds is 18. The van der Waals surface area contributed by atoms with Crippen LogP contribution >= 0.6 is 0 Å². The lowest BCUT2D eigenvalue weighted by atomic mass is 9.90. The van der Waals surface area contributed by atoms with Crippen LogP contribution in [0.1, 0.15) is 87.2 Å². The Morgan fingerprint density at radius 2 is 1.67 bits per heavy atom. The van der Waals surface area contributed by atoms with Gasteiger partial charge in [0.1, 0.15) is 36.6 Å². The fraction of sp³-hybridized carbons (Fsp3) is 0.545. The maximum absolute atomic E-state index is 14.6. The van der Waals surface area contributed by atoms with Crippen LogP contribution in [0.2, 0.25) is 0 Å². The minimum absolute atomic E-state index is 0.0139. The number of likely N-dealkylation sites (N-methyl/N-ethyl adjacent to an activating group) is 1. The normalized spacial score (nSPS) is 22.5. The van der Waals surface area contributed by atoms with Crippen LogP contribution < -0.4 is 5.32 Å². The Kier molecular flexibility index (Phi) is 13.5. The molecular weight excluding hydrogens is 732 g/mol. The van der Waals surface area contributed by atoms with Gasteiger partial charge < -0.3 is 44.1 Å². The van der Waals surface area contributed by atoms with Gasteiger partial charge in [-0.25, -0.2) is 4.79 Å². The van der Waals surface area contributed by atoms with E-state index in [1.54, 1.807) is 64.2 Å². The van der Waals surface area contributed by atoms with E-state index in [0.29, 0.717) is 11.1 Å². The van der Waals surface area contributed by atoms with Gasteiger partial charge in [-0.1, -0.05) is 48.5 Å². The minimum Gasteiger partial charge on any atom is -0.499 e. The molecule has 1 heterocycles. The molecule has 6 rings (SSSR count). The van der Waals surface area contributed by atoms with Crippen LogP contribution in [0.3, 0.4) is 0 Å².